The summed E-state index contributed by atoms with van der Waals surface area (Å²) in [5, 5.41) is 2.93. The number of hydrogen-bond donors (Lipinski definition) is 1. The molecule has 2 aromatic rings. The van der Waals surface area contributed by atoms with Crippen LogP contribution >= 0.6 is 0 Å². The summed E-state index contributed by atoms with van der Waals surface area (Å²) in [6, 6.07) is 12.4. The minimum atomic E-state index is -3.63. The molecular formula is C27H38FN3O4S. The average molecular weight is 520 g/mol. The predicted molar refractivity (Wildman–Crippen MR) is 141 cm³/mol. The van der Waals surface area contributed by atoms with Crippen LogP contribution in [0.15, 0.2) is 48.5 Å². The van der Waals surface area contributed by atoms with Gasteiger partial charge in [-0.2, -0.15) is 0 Å². The topological polar surface area (TPSA) is 86.8 Å². The van der Waals surface area contributed by atoms with Gasteiger partial charge in [-0.15, -0.1) is 0 Å². The highest BCUT2D eigenvalue weighted by atomic mass is 32.2. The summed E-state index contributed by atoms with van der Waals surface area (Å²) in [5.41, 5.74) is 2.34. The summed E-state index contributed by atoms with van der Waals surface area (Å²) in [4.78, 5) is 28.0. The number of nitrogens with one attached hydrogen (secondary N) is 1. The van der Waals surface area contributed by atoms with Crippen molar-refractivity contribution in [2.45, 2.75) is 59.5 Å². The minimum absolute atomic E-state index is 0.0604. The van der Waals surface area contributed by atoms with E-state index in [-0.39, 0.29) is 43.7 Å². The molecule has 0 spiro atoms. The van der Waals surface area contributed by atoms with E-state index in [1.807, 2.05) is 52.0 Å². The van der Waals surface area contributed by atoms with E-state index in [9.17, 15) is 22.4 Å². The van der Waals surface area contributed by atoms with Gasteiger partial charge in [0.05, 0.1) is 11.9 Å². The Bertz CT molecular complexity index is 1100. The van der Waals surface area contributed by atoms with Crippen LogP contribution in [-0.2, 0) is 26.2 Å². The van der Waals surface area contributed by atoms with Gasteiger partial charge in [0.25, 0.3) is 0 Å². The van der Waals surface area contributed by atoms with E-state index in [4.69, 9.17) is 0 Å². The number of carbonyl (C=O) groups is 2. The van der Waals surface area contributed by atoms with Crippen LogP contribution in [-0.4, -0.2) is 50.5 Å². The summed E-state index contributed by atoms with van der Waals surface area (Å²) in [6.45, 7) is 8.72. The number of nitrogens with zero attached hydrogens (tertiary/aromatic N) is 2. The summed E-state index contributed by atoms with van der Waals surface area (Å²) < 4.78 is 39.2. The van der Waals surface area contributed by atoms with Crippen molar-refractivity contribution in [3.63, 3.8) is 0 Å². The molecule has 2 aromatic carbocycles. The highest BCUT2D eigenvalue weighted by molar-refractivity contribution is 7.92. The lowest BCUT2D eigenvalue weighted by Gasteiger charge is -2.31. The van der Waals surface area contributed by atoms with E-state index < -0.39 is 21.9 Å². The molecule has 0 fully saturated rings. The van der Waals surface area contributed by atoms with Crippen molar-refractivity contribution in [1.82, 2.24) is 10.2 Å². The largest absolute Gasteiger partial charge is 0.354 e. The molecule has 0 radical (unpaired) electrons. The third-order valence-corrected chi connectivity index (χ3v) is 7.00. The summed E-state index contributed by atoms with van der Waals surface area (Å²) >= 11 is 0. The average Bonchev–Trinajstić information content (AvgIpc) is 2.81. The van der Waals surface area contributed by atoms with E-state index in [1.165, 1.54) is 24.3 Å². The number of rotatable bonds is 13. The molecule has 0 saturated heterocycles. The van der Waals surface area contributed by atoms with Gasteiger partial charge in [-0.1, -0.05) is 50.6 Å². The molecule has 0 aliphatic rings. The van der Waals surface area contributed by atoms with Gasteiger partial charge in [-0.05, 0) is 55.5 Å². The van der Waals surface area contributed by atoms with Crippen LogP contribution in [0.1, 0.15) is 51.2 Å². The number of benzene rings is 2. The Balaban J connectivity index is 2.19. The van der Waals surface area contributed by atoms with Crippen LogP contribution in [0.5, 0.6) is 0 Å². The fraction of sp³-hybridized carbons (Fsp3) is 0.481. The van der Waals surface area contributed by atoms with Gasteiger partial charge < -0.3 is 10.2 Å². The predicted octanol–water partition coefficient (Wildman–Crippen LogP) is 4.26. The third kappa shape index (κ3) is 8.93. The lowest BCUT2D eigenvalue weighted by atomic mass is 10.1. The number of hydrogen-bond acceptors (Lipinski definition) is 4. The van der Waals surface area contributed by atoms with Crippen LogP contribution in [0, 0.1) is 18.7 Å². The molecule has 198 valence electrons. The molecule has 2 rings (SSSR count). The Morgan fingerprint density at radius 1 is 1.03 bits per heavy atom. The number of halogens is 1. The highest BCUT2D eigenvalue weighted by Crippen LogP contribution is 2.20. The van der Waals surface area contributed by atoms with Crippen LogP contribution in [0.3, 0.4) is 0 Å². The number of amides is 2. The van der Waals surface area contributed by atoms with Gasteiger partial charge in [-0.25, -0.2) is 12.8 Å². The zero-order valence-electron chi connectivity index (χ0n) is 21.8. The van der Waals surface area contributed by atoms with Gasteiger partial charge in [0, 0.05) is 26.1 Å². The summed E-state index contributed by atoms with van der Waals surface area (Å²) in [6.07, 6.45) is 1.84. The van der Waals surface area contributed by atoms with E-state index in [1.54, 1.807) is 4.90 Å². The van der Waals surface area contributed by atoms with Gasteiger partial charge in [-0.3, -0.25) is 13.9 Å². The number of sulfonamides is 1. The first-order valence-corrected chi connectivity index (χ1v) is 14.1. The van der Waals surface area contributed by atoms with Crippen LogP contribution in [0.4, 0.5) is 10.1 Å². The molecule has 7 nitrogen and oxygen atoms in total. The normalized spacial score (nSPS) is 12.3. The smallest absolute Gasteiger partial charge is 0.242 e. The second kappa shape index (κ2) is 13.4. The van der Waals surface area contributed by atoms with Crippen molar-refractivity contribution in [3.8, 4) is 0 Å². The van der Waals surface area contributed by atoms with Crippen molar-refractivity contribution in [1.29, 1.82) is 0 Å². The van der Waals surface area contributed by atoms with Crippen molar-refractivity contribution in [2.24, 2.45) is 5.92 Å². The van der Waals surface area contributed by atoms with Crippen molar-refractivity contribution in [3.05, 3.63) is 65.5 Å². The van der Waals surface area contributed by atoms with Crippen LogP contribution in [0.2, 0.25) is 0 Å². The molecule has 0 aliphatic carbocycles. The first-order chi connectivity index (χ1) is 16.9. The lowest BCUT2D eigenvalue weighted by Crippen LogP contribution is -2.49. The number of anilines is 1. The van der Waals surface area contributed by atoms with E-state index in [0.717, 1.165) is 21.7 Å². The zero-order chi connectivity index (χ0) is 26.9. The first-order valence-electron chi connectivity index (χ1n) is 12.3. The Labute approximate surface area is 214 Å². The molecular weight excluding hydrogens is 481 g/mol. The second-order valence-electron chi connectivity index (χ2n) is 9.49. The van der Waals surface area contributed by atoms with Gasteiger partial charge in [0.1, 0.15) is 11.9 Å². The molecule has 0 heterocycles. The van der Waals surface area contributed by atoms with Crippen molar-refractivity contribution >= 4 is 27.5 Å². The summed E-state index contributed by atoms with van der Waals surface area (Å²) in [7, 11) is -3.63. The molecule has 0 saturated carbocycles. The molecule has 0 aromatic heterocycles. The number of carbonyl (C=O) groups excluding carboxylic acids is 2. The maximum absolute atomic E-state index is 13.4. The van der Waals surface area contributed by atoms with Gasteiger partial charge >= 0.3 is 0 Å². The molecule has 2 amide bonds. The molecule has 0 unspecified atom stereocenters. The number of aryl methyl sites for hydroxylation is 1. The molecule has 0 bridgehead atoms. The van der Waals surface area contributed by atoms with E-state index in [2.05, 4.69) is 5.32 Å². The van der Waals surface area contributed by atoms with Gasteiger partial charge in [0.15, 0.2) is 0 Å². The quantitative estimate of drug-likeness (QED) is 0.428. The summed E-state index contributed by atoms with van der Waals surface area (Å²) in [5.74, 6) is -0.609. The Morgan fingerprint density at radius 3 is 2.17 bits per heavy atom. The Hall–Kier alpha value is -2.94. The maximum atomic E-state index is 13.4. The fourth-order valence-electron chi connectivity index (χ4n) is 3.84. The second-order valence-corrected chi connectivity index (χ2v) is 11.4. The van der Waals surface area contributed by atoms with Crippen LogP contribution in [0.25, 0.3) is 0 Å². The minimum Gasteiger partial charge on any atom is -0.354 e. The zero-order valence-corrected chi connectivity index (χ0v) is 22.6. The maximum Gasteiger partial charge on any atom is 0.242 e. The van der Waals surface area contributed by atoms with Crippen molar-refractivity contribution < 1.29 is 22.4 Å². The Kier molecular flexibility index (Phi) is 10.9. The first kappa shape index (κ1) is 29.3. The SMILES string of the molecule is CC[C@@H](C(=O)NCC(C)C)N(Cc1ccc(C)cc1)C(=O)CCCN(c1ccc(F)cc1)S(C)(=O)=O. The molecule has 1 atom stereocenters. The molecule has 9 heteroatoms. The van der Waals surface area contributed by atoms with E-state index >= 15 is 0 Å². The molecule has 0 aliphatic heterocycles. The van der Waals surface area contributed by atoms with Crippen molar-refractivity contribution in [2.75, 3.05) is 23.7 Å². The molecule has 1 N–H and O–H groups in total. The van der Waals surface area contributed by atoms with Crippen LogP contribution < -0.4 is 9.62 Å². The fourth-order valence-corrected chi connectivity index (χ4v) is 4.81. The highest BCUT2D eigenvalue weighted by Gasteiger charge is 2.29. The standard InChI is InChI=1S/C27H38FN3O4S/c1-6-25(27(33)29-18-20(2)3)30(19-22-11-9-21(4)10-12-22)26(32)8-7-17-31(36(5,34)35)24-15-13-23(28)14-16-24/h9-16,20,25H,6-8,17-19H2,1-5H3,(H,29,33)/t25-/m0/s1. The third-order valence-electron chi connectivity index (χ3n) is 5.81. The monoisotopic (exact) mass is 519 g/mol. The van der Waals surface area contributed by atoms with Gasteiger partial charge in [0.2, 0.25) is 21.8 Å². The Morgan fingerprint density at radius 2 is 1.64 bits per heavy atom. The lowest BCUT2D eigenvalue weighted by molar-refractivity contribution is -0.141. The molecule has 36 heavy (non-hydrogen) atoms. The van der Waals surface area contributed by atoms with E-state index in [0.29, 0.717) is 18.7 Å².